The van der Waals surface area contributed by atoms with Gasteiger partial charge in [-0.2, -0.15) is 5.06 Å². The summed E-state index contributed by atoms with van der Waals surface area (Å²) in [7, 11) is 6.18. The molecule has 0 aliphatic carbocycles. The Bertz CT molecular complexity index is 784. The summed E-state index contributed by atoms with van der Waals surface area (Å²) in [5.41, 5.74) is 1.89. The average Bonchev–Trinajstić information content (AvgIpc) is 3.11. The summed E-state index contributed by atoms with van der Waals surface area (Å²) >= 11 is 0. The second-order valence-electron chi connectivity index (χ2n) is 5.78. The minimum absolute atomic E-state index is 0.459. The smallest absolute Gasteiger partial charge is 0.338 e. The first-order chi connectivity index (χ1) is 11.5. The lowest BCUT2D eigenvalue weighted by Crippen LogP contribution is -2.36. The third-order valence-electron chi connectivity index (χ3n) is 4.54. The zero-order valence-corrected chi connectivity index (χ0v) is 14.1. The number of hydrogen-bond acceptors (Lipinski definition) is 6. The van der Waals surface area contributed by atoms with Crippen molar-refractivity contribution < 1.29 is 23.9 Å². The molecule has 0 saturated carbocycles. The van der Waals surface area contributed by atoms with Gasteiger partial charge in [-0.25, -0.2) is 4.79 Å². The van der Waals surface area contributed by atoms with Gasteiger partial charge in [0.1, 0.15) is 5.92 Å². The molecule has 1 fully saturated rings. The first-order valence-corrected chi connectivity index (χ1v) is 7.59. The molecule has 0 bridgehead atoms. The van der Waals surface area contributed by atoms with Crippen molar-refractivity contribution in [1.29, 1.82) is 0 Å². The van der Waals surface area contributed by atoms with E-state index in [0.717, 1.165) is 16.6 Å². The Morgan fingerprint density at radius 3 is 2.38 bits per heavy atom. The molecule has 0 spiro atoms. The number of ether oxygens (including phenoxy) is 2. The minimum Gasteiger partial charge on any atom is -0.469 e. The lowest BCUT2D eigenvalue weighted by atomic mass is 9.92. The fourth-order valence-corrected chi connectivity index (χ4v) is 3.36. The number of carbonyl (C=O) groups is 2. The van der Waals surface area contributed by atoms with Gasteiger partial charge in [0.15, 0.2) is 6.10 Å². The maximum atomic E-state index is 12.4. The first-order valence-electron chi connectivity index (χ1n) is 7.59. The molecule has 24 heavy (non-hydrogen) atoms. The highest BCUT2D eigenvalue weighted by Crippen LogP contribution is 2.41. The molecule has 0 radical (unpaired) electrons. The maximum absolute atomic E-state index is 12.4. The predicted octanol–water partition coefficient (Wildman–Crippen LogP) is 1.43. The highest BCUT2D eigenvalue weighted by Gasteiger charge is 2.52. The van der Waals surface area contributed by atoms with Crippen molar-refractivity contribution >= 4 is 22.8 Å². The Hall–Kier alpha value is -2.38. The summed E-state index contributed by atoms with van der Waals surface area (Å²) in [5, 5.41) is 2.57. The number of esters is 2. The van der Waals surface area contributed by atoms with Crippen LogP contribution in [0.4, 0.5) is 0 Å². The van der Waals surface area contributed by atoms with Gasteiger partial charge in [0.2, 0.25) is 0 Å². The highest BCUT2D eigenvalue weighted by molar-refractivity contribution is 5.86. The predicted molar refractivity (Wildman–Crippen MR) is 85.8 cm³/mol. The third-order valence-corrected chi connectivity index (χ3v) is 4.54. The van der Waals surface area contributed by atoms with Crippen LogP contribution in [0.1, 0.15) is 11.7 Å². The molecule has 3 atom stereocenters. The van der Waals surface area contributed by atoms with E-state index in [1.165, 1.54) is 19.3 Å². The lowest BCUT2D eigenvalue weighted by Gasteiger charge is -2.22. The quantitative estimate of drug-likeness (QED) is 0.792. The van der Waals surface area contributed by atoms with Crippen molar-refractivity contribution in [1.82, 2.24) is 9.63 Å². The molecular formula is C17H20N2O5. The molecule has 1 aromatic heterocycles. The molecule has 0 unspecified atom stereocenters. The van der Waals surface area contributed by atoms with Gasteiger partial charge in [-0.15, -0.1) is 0 Å². The van der Waals surface area contributed by atoms with E-state index in [1.807, 2.05) is 41.9 Å². The van der Waals surface area contributed by atoms with Crippen molar-refractivity contribution in [2.45, 2.75) is 12.1 Å². The highest BCUT2D eigenvalue weighted by atomic mass is 16.7. The fourth-order valence-electron chi connectivity index (χ4n) is 3.36. The summed E-state index contributed by atoms with van der Waals surface area (Å²) in [4.78, 5) is 30.0. The molecule has 1 aliphatic heterocycles. The standard InChI is InChI=1S/C17H20N2O5/c1-18-11-8-6-5-7-10(11)9-12(18)14-13(16(20)22-3)15(17(21)23-4)24-19(14)2/h5-9,13-15H,1-4H3/t13-,14+,15-/m0/s1. The van der Waals surface area contributed by atoms with Crippen LogP contribution < -0.4 is 0 Å². The summed E-state index contributed by atoms with van der Waals surface area (Å²) in [6.45, 7) is 0. The Labute approximate surface area is 139 Å². The largest absolute Gasteiger partial charge is 0.469 e. The number of nitrogens with zero attached hydrogens (tertiary/aromatic N) is 2. The van der Waals surface area contributed by atoms with Gasteiger partial charge in [0.05, 0.1) is 20.3 Å². The zero-order chi connectivity index (χ0) is 17.4. The molecule has 7 heteroatoms. The molecule has 7 nitrogen and oxygen atoms in total. The zero-order valence-electron chi connectivity index (χ0n) is 14.1. The van der Waals surface area contributed by atoms with Crippen LogP contribution in [0.3, 0.4) is 0 Å². The number of methoxy groups -OCH3 is 2. The van der Waals surface area contributed by atoms with E-state index < -0.39 is 30.0 Å². The lowest BCUT2D eigenvalue weighted by molar-refractivity contribution is -0.182. The average molecular weight is 332 g/mol. The number of rotatable bonds is 3. The van der Waals surface area contributed by atoms with Crippen molar-refractivity contribution in [3.63, 3.8) is 0 Å². The van der Waals surface area contributed by atoms with Gasteiger partial charge in [-0.05, 0) is 17.5 Å². The number of para-hydroxylation sites is 1. The number of hydrogen-bond donors (Lipinski definition) is 0. The number of fused-ring (bicyclic) bond motifs is 1. The summed E-state index contributed by atoms with van der Waals surface area (Å²) < 4.78 is 11.7. The van der Waals surface area contributed by atoms with Crippen molar-refractivity contribution in [3.05, 3.63) is 36.0 Å². The molecule has 3 rings (SSSR count). The molecule has 0 N–H and O–H groups in total. The van der Waals surface area contributed by atoms with Crippen LogP contribution in [0, 0.1) is 5.92 Å². The van der Waals surface area contributed by atoms with Crippen LogP contribution in [-0.2, 0) is 30.9 Å². The summed E-state index contributed by atoms with van der Waals surface area (Å²) in [6, 6.07) is 9.44. The molecule has 1 aromatic carbocycles. The van der Waals surface area contributed by atoms with Gasteiger partial charge in [-0.1, -0.05) is 18.2 Å². The van der Waals surface area contributed by atoms with Crippen molar-refractivity contribution in [2.75, 3.05) is 21.3 Å². The molecule has 2 aromatic rings. The Kier molecular flexibility index (Phi) is 4.29. The maximum Gasteiger partial charge on any atom is 0.338 e. The van der Waals surface area contributed by atoms with E-state index in [-0.39, 0.29) is 0 Å². The Balaban J connectivity index is 2.10. The topological polar surface area (TPSA) is 70.0 Å². The Morgan fingerprint density at radius 1 is 1.08 bits per heavy atom. The van der Waals surface area contributed by atoms with Crippen LogP contribution in [0.2, 0.25) is 0 Å². The van der Waals surface area contributed by atoms with Crippen LogP contribution in [-0.4, -0.2) is 48.9 Å². The number of carbonyl (C=O) groups excluding carboxylic acids is 2. The van der Waals surface area contributed by atoms with E-state index in [4.69, 9.17) is 14.3 Å². The van der Waals surface area contributed by atoms with Crippen LogP contribution >= 0.6 is 0 Å². The van der Waals surface area contributed by atoms with Crippen molar-refractivity contribution in [2.24, 2.45) is 13.0 Å². The van der Waals surface area contributed by atoms with Crippen LogP contribution in [0.25, 0.3) is 10.9 Å². The van der Waals surface area contributed by atoms with Gasteiger partial charge in [-0.3, -0.25) is 9.63 Å². The van der Waals surface area contributed by atoms with E-state index in [1.54, 1.807) is 7.05 Å². The Morgan fingerprint density at radius 2 is 1.75 bits per heavy atom. The van der Waals surface area contributed by atoms with E-state index in [0.29, 0.717) is 0 Å². The second kappa shape index (κ2) is 6.26. The van der Waals surface area contributed by atoms with Gasteiger partial charge < -0.3 is 14.0 Å². The van der Waals surface area contributed by atoms with Crippen LogP contribution in [0.15, 0.2) is 30.3 Å². The van der Waals surface area contributed by atoms with E-state index in [9.17, 15) is 9.59 Å². The number of hydroxylamine groups is 2. The minimum atomic E-state index is -1.03. The number of benzene rings is 1. The summed E-state index contributed by atoms with van der Waals surface area (Å²) in [5.74, 6) is -1.92. The normalized spacial score (nSPS) is 24.2. The molecule has 1 aliphatic rings. The molecule has 0 amide bonds. The van der Waals surface area contributed by atoms with E-state index in [2.05, 4.69) is 0 Å². The third kappa shape index (κ3) is 2.46. The van der Waals surface area contributed by atoms with Crippen molar-refractivity contribution in [3.8, 4) is 0 Å². The van der Waals surface area contributed by atoms with Crippen LogP contribution in [0.5, 0.6) is 0 Å². The SMILES string of the molecule is COC(=O)[C@@H]1[C@@H](C(=O)OC)ON(C)[C@@H]1c1cc2ccccc2n1C. The van der Waals surface area contributed by atoms with Gasteiger partial charge in [0, 0.05) is 25.3 Å². The molecule has 1 saturated heterocycles. The van der Waals surface area contributed by atoms with Gasteiger partial charge >= 0.3 is 11.9 Å². The van der Waals surface area contributed by atoms with E-state index >= 15 is 0 Å². The summed E-state index contributed by atoms with van der Waals surface area (Å²) in [6.07, 6.45) is -1.03. The van der Waals surface area contributed by atoms with Gasteiger partial charge in [0.25, 0.3) is 0 Å². The first kappa shape index (κ1) is 16.5. The molecule has 128 valence electrons. The number of aromatic nitrogens is 1. The second-order valence-corrected chi connectivity index (χ2v) is 5.78. The molecule has 2 heterocycles. The monoisotopic (exact) mass is 332 g/mol. The fraction of sp³-hybridized carbons (Fsp3) is 0.412. The number of aryl methyl sites for hydroxylation is 1. The molecular weight excluding hydrogens is 312 g/mol.